The van der Waals surface area contributed by atoms with Crippen molar-refractivity contribution in [3.8, 4) is 11.3 Å². The second kappa shape index (κ2) is 10.7. The Morgan fingerprint density at radius 2 is 1.73 bits per heavy atom. The maximum absolute atomic E-state index is 13.8. The van der Waals surface area contributed by atoms with Gasteiger partial charge in [-0.15, -0.1) is 11.3 Å². The molecule has 3 aliphatic rings. The molecule has 2 saturated heterocycles. The number of thiazole rings is 1. The molecular formula is C31H37N5O2S2. The van der Waals surface area contributed by atoms with E-state index in [0.29, 0.717) is 23.6 Å². The van der Waals surface area contributed by atoms with Crippen molar-refractivity contribution in [1.29, 1.82) is 0 Å². The summed E-state index contributed by atoms with van der Waals surface area (Å²) in [6, 6.07) is 11.9. The fraction of sp³-hybridized carbons (Fsp3) is 0.484. The first-order valence-electron chi connectivity index (χ1n) is 14.7. The van der Waals surface area contributed by atoms with Crippen molar-refractivity contribution in [2.75, 3.05) is 26.7 Å². The van der Waals surface area contributed by atoms with E-state index in [0.717, 1.165) is 47.5 Å². The lowest BCUT2D eigenvalue weighted by Gasteiger charge is -2.34. The molecule has 4 aromatic rings. The highest BCUT2D eigenvalue weighted by atomic mass is 32.2. The fourth-order valence-corrected chi connectivity index (χ4v) is 9.44. The second-order valence-electron chi connectivity index (χ2n) is 11.8. The van der Waals surface area contributed by atoms with Crippen molar-refractivity contribution in [3.63, 3.8) is 0 Å². The SMILES string of the molecule is CN1CCCC1c1nc(-c2cn(S(=O)(=O)c3ccccc3)c3ncc(C4CCC(N5CCCC5)CC4)cc23)cs1. The molecule has 3 aromatic heterocycles. The first-order valence-corrected chi connectivity index (χ1v) is 17.0. The smallest absolute Gasteiger partial charge is 0.269 e. The van der Waals surface area contributed by atoms with Gasteiger partial charge < -0.3 is 4.90 Å². The summed E-state index contributed by atoms with van der Waals surface area (Å²) in [6.07, 6.45) is 13.4. The summed E-state index contributed by atoms with van der Waals surface area (Å²) in [7, 11) is -1.65. The highest BCUT2D eigenvalue weighted by Gasteiger charge is 2.30. The van der Waals surface area contributed by atoms with Crippen LogP contribution in [0.5, 0.6) is 0 Å². The van der Waals surface area contributed by atoms with Gasteiger partial charge >= 0.3 is 0 Å². The summed E-state index contributed by atoms with van der Waals surface area (Å²) < 4.78 is 28.9. The molecule has 1 atom stereocenters. The zero-order valence-corrected chi connectivity index (χ0v) is 24.7. The summed E-state index contributed by atoms with van der Waals surface area (Å²) in [6.45, 7) is 3.59. The lowest BCUT2D eigenvalue weighted by atomic mass is 9.81. The van der Waals surface area contributed by atoms with Gasteiger partial charge in [0.05, 0.1) is 16.6 Å². The Bertz CT molecular complexity index is 1600. The van der Waals surface area contributed by atoms with Gasteiger partial charge in [0, 0.05) is 34.8 Å². The van der Waals surface area contributed by atoms with Gasteiger partial charge in [-0.2, -0.15) is 0 Å². The summed E-state index contributed by atoms with van der Waals surface area (Å²) in [5, 5.41) is 4.06. The molecule has 1 unspecified atom stereocenters. The van der Waals surface area contributed by atoms with Gasteiger partial charge in [-0.25, -0.2) is 22.4 Å². The predicted molar refractivity (Wildman–Crippen MR) is 160 cm³/mol. The average Bonchev–Trinajstić information content (AvgIpc) is 3.80. The Labute approximate surface area is 240 Å². The summed E-state index contributed by atoms with van der Waals surface area (Å²) >= 11 is 1.68. The Hall–Kier alpha value is -2.59. The largest absolute Gasteiger partial charge is 0.300 e. The Morgan fingerprint density at radius 3 is 2.45 bits per heavy atom. The average molecular weight is 576 g/mol. The van der Waals surface area contributed by atoms with Crippen molar-refractivity contribution < 1.29 is 8.42 Å². The van der Waals surface area contributed by atoms with Gasteiger partial charge in [-0.3, -0.25) is 4.90 Å². The molecule has 5 heterocycles. The number of nitrogens with zero attached hydrogens (tertiary/aromatic N) is 5. The summed E-state index contributed by atoms with van der Waals surface area (Å²) in [5.74, 6) is 0.454. The minimum Gasteiger partial charge on any atom is -0.300 e. The zero-order chi connectivity index (χ0) is 27.3. The third kappa shape index (κ3) is 4.70. The van der Waals surface area contributed by atoms with Gasteiger partial charge in [0.15, 0.2) is 5.65 Å². The quantitative estimate of drug-likeness (QED) is 0.269. The second-order valence-corrected chi connectivity index (χ2v) is 14.5. The lowest BCUT2D eigenvalue weighted by molar-refractivity contribution is 0.182. The van der Waals surface area contributed by atoms with E-state index in [1.807, 2.05) is 12.3 Å². The van der Waals surface area contributed by atoms with Crippen LogP contribution in [-0.2, 0) is 10.0 Å². The first kappa shape index (κ1) is 26.3. The number of aromatic nitrogens is 3. The third-order valence-corrected chi connectivity index (χ3v) is 12.0. The van der Waals surface area contributed by atoms with Crippen molar-refractivity contribution in [2.24, 2.45) is 0 Å². The number of likely N-dealkylation sites (tertiary alicyclic amines) is 2. The van der Waals surface area contributed by atoms with Crippen molar-refractivity contribution in [3.05, 3.63) is 64.7 Å². The summed E-state index contributed by atoms with van der Waals surface area (Å²) in [5.41, 5.74) is 3.37. The zero-order valence-electron chi connectivity index (χ0n) is 23.1. The highest BCUT2D eigenvalue weighted by molar-refractivity contribution is 7.90. The number of pyridine rings is 1. The normalized spacial score (nSPS) is 24.8. The third-order valence-electron chi connectivity index (χ3n) is 9.36. The molecule has 0 N–H and O–H groups in total. The van der Waals surface area contributed by atoms with Crippen LogP contribution in [-0.4, -0.2) is 64.9 Å². The van der Waals surface area contributed by atoms with E-state index < -0.39 is 10.0 Å². The van der Waals surface area contributed by atoms with E-state index in [1.165, 1.54) is 54.7 Å². The van der Waals surface area contributed by atoms with E-state index in [2.05, 4.69) is 28.3 Å². The molecule has 0 bridgehead atoms. The number of hydrogen-bond donors (Lipinski definition) is 0. The molecule has 3 fully saturated rings. The maximum Gasteiger partial charge on any atom is 0.269 e. The molecule has 1 aliphatic carbocycles. The maximum atomic E-state index is 13.8. The molecule has 9 heteroatoms. The Kier molecular flexibility index (Phi) is 7.02. The van der Waals surface area contributed by atoms with E-state index >= 15 is 0 Å². The first-order chi connectivity index (χ1) is 19.5. The number of rotatable bonds is 6. The monoisotopic (exact) mass is 575 g/mol. The Morgan fingerprint density at radius 1 is 0.950 bits per heavy atom. The molecule has 40 heavy (non-hydrogen) atoms. The van der Waals surface area contributed by atoms with Crippen LogP contribution in [0.3, 0.4) is 0 Å². The molecule has 1 aromatic carbocycles. The van der Waals surface area contributed by atoms with E-state index in [9.17, 15) is 8.42 Å². The number of hydrogen-bond acceptors (Lipinski definition) is 7. The molecule has 1 saturated carbocycles. The molecular weight excluding hydrogens is 539 g/mol. The van der Waals surface area contributed by atoms with Gasteiger partial charge in [0.2, 0.25) is 0 Å². The molecule has 2 aliphatic heterocycles. The van der Waals surface area contributed by atoms with Crippen LogP contribution in [0.15, 0.2) is 59.1 Å². The van der Waals surface area contributed by atoms with Crippen LogP contribution in [0.25, 0.3) is 22.3 Å². The van der Waals surface area contributed by atoms with Crippen LogP contribution in [0.4, 0.5) is 0 Å². The predicted octanol–water partition coefficient (Wildman–Crippen LogP) is 6.29. The van der Waals surface area contributed by atoms with Gasteiger partial charge in [0.1, 0.15) is 5.01 Å². The van der Waals surface area contributed by atoms with Crippen LogP contribution >= 0.6 is 11.3 Å². The fourth-order valence-electron chi connectivity index (χ4n) is 7.08. The molecule has 0 amide bonds. The van der Waals surface area contributed by atoms with E-state index in [4.69, 9.17) is 9.97 Å². The van der Waals surface area contributed by atoms with Crippen molar-refractivity contribution >= 4 is 32.4 Å². The number of benzene rings is 1. The molecule has 0 spiro atoms. The minimum absolute atomic E-state index is 0.260. The minimum atomic E-state index is -3.81. The lowest BCUT2D eigenvalue weighted by Crippen LogP contribution is -2.35. The van der Waals surface area contributed by atoms with Crippen LogP contribution in [0.2, 0.25) is 0 Å². The number of fused-ring (bicyclic) bond motifs is 1. The standard InChI is InChI=1S/C31H37N5O2S2/c1-34-15-7-10-29(34)31-33-28(21-39-31)27-20-36(40(37,38)25-8-3-2-4-9-25)30-26(27)18-23(19-32-30)22-11-13-24(14-12-22)35-16-5-6-17-35/h2-4,8-9,18-22,24,29H,5-7,10-17H2,1H3. The molecule has 0 radical (unpaired) electrons. The van der Waals surface area contributed by atoms with E-state index in [-0.39, 0.29) is 4.90 Å². The van der Waals surface area contributed by atoms with Gasteiger partial charge in [-0.1, -0.05) is 18.2 Å². The molecule has 210 valence electrons. The van der Waals surface area contributed by atoms with Gasteiger partial charge in [-0.05, 0) is 108 Å². The van der Waals surface area contributed by atoms with E-state index in [1.54, 1.807) is 41.8 Å². The molecule has 7 rings (SSSR count). The Balaban J connectivity index is 1.27. The highest BCUT2D eigenvalue weighted by Crippen LogP contribution is 2.40. The topological polar surface area (TPSA) is 71.3 Å². The molecule has 7 nitrogen and oxygen atoms in total. The van der Waals surface area contributed by atoms with Crippen LogP contribution in [0.1, 0.15) is 73.9 Å². The van der Waals surface area contributed by atoms with Gasteiger partial charge in [0.25, 0.3) is 10.0 Å². The summed E-state index contributed by atoms with van der Waals surface area (Å²) in [4.78, 5) is 15.2. The van der Waals surface area contributed by atoms with Crippen LogP contribution in [0, 0.1) is 0 Å². The van der Waals surface area contributed by atoms with Crippen LogP contribution < -0.4 is 0 Å². The van der Waals surface area contributed by atoms with Crippen molar-refractivity contribution in [2.45, 2.75) is 74.3 Å². The van der Waals surface area contributed by atoms with Crippen molar-refractivity contribution in [1.82, 2.24) is 23.7 Å².